The summed E-state index contributed by atoms with van der Waals surface area (Å²) in [4.78, 5) is 27.0. The van der Waals surface area contributed by atoms with Crippen molar-refractivity contribution in [3.05, 3.63) is 71.0 Å². The number of nitrogens with one attached hydrogen (secondary N) is 3. The molecule has 2 fully saturated rings. The fourth-order valence-corrected chi connectivity index (χ4v) is 4.85. The number of hydrogen-bond donors (Lipinski definition) is 3. The number of rotatable bonds is 3. The van der Waals surface area contributed by atoms with Crippen LogP contribution in [0.5, 0.6) is 0 Å². The molecule has 3 heterocycles. The van der Waals surface area contributed by atoms with E-state index in [0.29, 0.717) is 24.2 Å². The van der Waals surface area contributed by atoms with Gasteiger partial charge < -0.3 is 10.2 Å². The van der Waals surface area contributed by atoms with Gasteiger partial charge >= 0.3 is 0 Å². The minimum atomic E-state index is -0.286. The third kappa shape index (κ3) is 3.20. The van der Waals surface area contributed by atoms with Crippen LogP contribution in [0.2, 0.25) is 0 Å². The largest absolute Gasteiger partial charge is 0.345 e. The predicted octanol–water partition coefficient (Wildman–Crippen LogP) is 2.07. The van der Waals surface area contributed by atoms with Crippen molar-refractivity contribution in [3.63, 3.8) is 0 Å². The van der Waals surface area contributed by atoms with E-state index in [1.165, 1.54) is 6.07 Å². The number of amides is 2. The second kappa shape index (κ2) is 7.24. The molecule has 0 radical (unpaired) electrons. The molecule has 29 heavy (non-hydrogen) atoms. The molecule has 150 valence electrons. The van der Waals surface area contributed by atoms with Crippen LogP contribution in [0.15, 0.2) is 48.5 Å². The molecule has 3 aliphatic rings. The molecule has 0 spiro atoms. The lowest BCUT2D eigenvalue weighted by Crippen LogP contribution is -2.48. The van der Waals surface area contributed by atoms with Crippen LogP contribution in [-0.2, 0) is 4.79 Å². The number of halogens is 1. The van der Waals surface area contributed by atoms with Gasteiger partial charge in [-0.2, -0.15) is 0 Å². The molecule has 4 atom stereocenters. The lowest BCUT2D eigenvalue weighted by Gasteiger charge is -2.36. The maximum absolute atomic E-state index is 14.3. The highest BCUT2D eigenvalue weighted by Gasteiger charge is 2.42. The minimum Gasteiger partial charge on any atom is -0.345 e. The van der Waals surface area contributed by atoms with Gasteiger partial charge in [-0.25, -0.2) is 9.82 Å². The lowest BCUT2D eigenvalue weighted by atomic mass is 9.84. The molecule has 0 aromatic heterocycles. The number of fused-ring (bicyclic) bond motifs is 2. The third-order valence-electron chi connectivity index (χ3n) is 6.37. The molecule has 2 amide bonds. The van der Waals surface area contributed by atoms with E-state index in [2.05, 4.69) is 16.2 Å². The monoisotopic (exact) mass is 394 g/mol. The third-order valence-corrected chi connectivity index (χ3v) is 6.37. The van der Waals surface area contributed by atoms with Crippen molar-refractivity contribution in [2.45, 2.75) is 31.0 Å². The number of carbonyl (C=O) groups excluding carboxylic acids is 2. The highest BCUT2D eigenvalue weighted by molar-refractivity contribution is 5.99. The molecule has 0 bridgehead atoms. The van der Waals surface area contributed by atoms with E-state index in [9.17, 15) is 14.0 Å². The summed E-state index contributed by atoms with van der Waals surface area (Å²) < 4.78 is 14.3. The predicted molar refractivity (Wildman–Crippen MR) is 105 cm³/mol. The van der Waals surface area contributed by atoms with Crippen molar-refractivity contribution in [3.8, 4) is 0 Å². The van der Waals surface area contributed by atoms with Crippen LogP contribution in [0.1, 0.15) is 46.4 Å². The van der Waals surface area contributed by atoms with Gasteiger partial charge in [0.25, 0.3) is 5.91 Å². The Morgan fingerprint density at radius 3 is 2.66 bits per heavy atom. The molecular weight excluding hydrogens is 371 g/mol. The maximum Gasteiger partial charge on any atom is 0.252 e. The minimum absolute atomic E-state index is 0.0182. The van der Waals surface area contributed by atoms with E-state index in [-0.39, 0.29) is 48.1 Å². The van der Waals surface area contributed by atoms with Crippen LogP contribution in [-0.4, -0.2) is 35.8 Å². The fourth-order valence-electron chi connectivity index (χ4n) is 4.85. The first kappa shape index (κ1) is 18.3. The first-order valence-electron chi connectivity index (χ1n) is 10.0. The van der Waals surface area contributed by atoms with E-state index < -0.39 is 0 Å². The van der Waals surface area contributed by atoms with Crippen molar-refractivity contribution >= 4 is 11.8 Å². The quantitative estimate of drug-likeness (QED) is 0.745. The fraction of sp³-hybridized carbons (Fsp3) is 0.364. The Morgan fingerprint density at radius 2 is 1.83 bits per heavy atom. The van der Waals surface area contributed by atoms with E-state index in [0.717, 1.165) is 12.0 Å². The standard InChI is InChI=1S/C22H23FN4O2/c23-17-8-4-3-7-15(17)21-16-12-27(10-9-18(16)25-26-21)20(28)11-19-13-5-1-2-6-14(13)22(29)24-19/h1-8,16,18-19,21,25-26H,9-12H2,(H,24,29). The second-order valence-corrected chi connectivity index (χ2v) is 8.00. The zero-order valence-corrected chi connectivity index (χ0v) is 15.9. The Morgan fingerprint density at radius 1 is 1.07 bits per heavy atom. The van der Waals surface area contributed by atoms with Gasteiger partial charge in [-0.1, -0.05) is 36.4 Å². The van der Waals surface area contributed by atoms with Crippen molar-refractivity contribution in [2.24, 2.45) is 5.92 Å². The Labute approximate surface area is 168 Å². The number of nitrogens with zero attached hydrogens (tertiary/aromatic N) is 1. The van der Waals surface area contributed by atoms with Gasteiger partial charge in [0.2, 0.25) is 5.91 Å². The molecule has 2 aromatic rings. The van der Waals surface area contributed by atoms with Crippen LogP contribution < -0.4 is 16.2 Å². The zero-order chi connectivity index (χ0) is 20.0. The summed E-state index contributed by atoms with van der Waals surface area (Å²) in [6.07, 6.45) is 1.05. The summed E-state index contributed by atoms with van der Waals surface area (Å²) in [5, 5.41) is 2.92. The molecule has 3 N–H and O–H groups in total. The molecule has 6 nitrogen and oxygen atoms in total. The van der Waals surface area contributed by atoms with Crippen LogP contribution in [0.25, 0.3) is 0 Å². The van der Waals surface area contributed by atoms with Gasteiger partial charge in [-0.3, -0.25) is 15.0 Å². The summed E-state index contributed by atoms with van der Waals surface area (Å²) in [7, 11) is 0. The van der Waals surface area contributed by atoms with Gasteiger partial charge in [0.05, 0.1) is 18.5 Å². The van der Waals surface area contributed by atoms with Crippen molar-refractivity contribution in [1.29, 1.82) is 0 Å². The van der Waals surface area contributed by atoms with E-state index >= 15 is 0 Å². The number of piperidine rings is 1. The Bertz CT molecular complexity index is 965. The molecule has 3 aliphatic heterocycles. The highest BCUT2D eigenvalue weighted by Crippen LogP contribution is 2.35. The van der Waals surface area contributed by atoms with Crippen LogP contribution >= 0.6 is 0 Å². The summed E-state index contributed by atoms with van der Waals surface area (Å²) in [6.45, 7) is 1.21. The summed E-state index contributed by atoms with van der Waals surface area (Å²) in [5.41, 5.74) is 8.65. The molecule has 7 heteroatoms. The molecule has 0 aliphatic carbocycles. The van der Waals surface area contributed by atoms with Gasteiger partial charge in [-0.15, -0.1) is 0 Å². The topological polar surface area (TPSA) is 73.5 Å². The Kier molecular flexibility index (Phi) is 4.56. The highest BCUT2D eigenvalue weighted by atomic mass is 19.1. The molecule has 5 rings (SSSR count). The van der Waals surface area contributed by atoms with Crippen LogP contribution in [0.4, 0.5) is 4.39 Å². The number of benzene rings is 2. The first-order chi connectivity index (χ1) is 14.1. The van der Waals surface area contributed by atoms with Crippen molar-refractivity contribution < 1.29 is 14.0 Å². The van der Waals surface area contributed by atoms with Crippen molar-refractivity contribution in [1.82, 2.24) is 21.1 Å². The average Bonchev–Trinajstić information content (AvgIpc) is 3.29. The van der Waals surface area contributed by atoms with E-state index in [1.807, 2.05) is 29.2 Å². The lowest BCUT2D eigenvalue weighted by molar-refractivity contribution is -0.133. The Hall–Kier alpha value is -2.77. The molecular formula is C22H23FN4O2. The number of hydrazine groups is 1. The van der Waals surface area contributed by atoms with Crippen LogP contribution in [0, 0.1) is 11.7 Å². The Balaban J connectivity index is 1.30. The molecule has 0 saturated carbocycles. The van der Waals surface area contributed by atoms with Gasteiger partial charge in [0.15, 0.2) is 0 Å². The number of likely N-dealkylation sites (tertiary alicyclic amines) is 1. The molecule has 4 unspecified atom stereocenters. The van der Waals surface area contributed by atoms with E-state index in [1.54, 1.807) is 18.2 Å². The smallest absolute Gasteiger partial charge is 0.252 e. The van der Waals surface area contributed by atoms with E-state index in [4.69, 9.17) is 0 Å². The second-order valence-electron chi connectivity index (χ2n) is 8.00. The normalized spacial score (nSPS) is 28.0. The first-order valence-corrected chi connectivity index (χ1v) is 10.0. The summed E-state index contributed by atoms with van der Waals surface area (Å²) in [5.74, 6) is -0.248. The number of hydrogen-bond acceptors (Lipinski definition) is 4. The SMILES string of the molecule is O=C1NC(CC(=O)N2CCC3NNC(c4ccccc4F)C3C2)c2ccccc21. The maximum atomic E-state index is 14.3. The number of carbonyl (C=O) groups is 2. The average molecular weight is 394 g/mol. The molecule has 2 saturated heterocycles. The van der Waals surface area contributed by atoms with Crippen molar-refractivity contribution in [2.75, 3.05) is 13.1 Å². The summed E-state index contributed by atoms with van der Waals surface area (Å²) in [6, 6.07) is 13.9. The van der Waals surface area contributed by atoms with Crippen LogP contribution in [0.3, 0.4) is 0 Å². The van der Waals surface area contributed by atoms with Gasteiger partial charge in [0, 0.05) is 36.2 Å². The van der Waals surface area contributed by atoms with Gasteiger partial charge in [-0.05, 0) is 24.1 Å². The summed E-state index contributed by atoms with van der Waals surface area (Å²) >= 11 is 0. The molecule has 2 aromatic carbocycles. The zero-order valence-electron chi connectivity index (χ0n) is 15.9. The van der Waals surface area contributed by atoms with Gasteiger partial charge in [0.1, 0.15) is 5.82 Å².